The molecule has 6 nitrogen and oxygen atoms in total. The molecule has 1 atom stereocenters. The second kappa shape index (κ2) is 8.29. The van der Waals surface area contributed by atoms with Crippen molar-refractivity contribution in [1.82, 2.24) is 15.0 Å². The number of hydrogen-bond donors (Lipinski definition) is 0. The van der Waals surface area contributed by atoms with Crippen LogP contribution in [0.15, 0.2) is 60.8 Å². The van der Waals surface area contributed by atoms with Gasteiger partial charge in [0.05, 0.1) is 35.8 Å². The number of nitrogens with zero attached hydrogens (tertiary/aromatic N) is 5. The second-order valence-corrected chi connectivity index (χ2v) is 10.3. The predicted molar refractivity (Wildman–Crippen MR) is 136 cm³/mol. The van der Waals surface area contributed by atoms with Gasteiger partial charge in [-0.05, 0) is 56.9 Å². The van der Waals surface area contributed by atoms with Gasteiger partial charge in [-0.25, -0.2) is 4.98 Å². The summed E-state index contributed by atoms with van der Waals surface area (Å²) in [6, 6.07) is 18.3. The standard InChI is InChI=1S/C28H31N5O/c1-21-17-22(23-7-2-3-8-24(23)30-21)19-33(34)16-6-11-28(20-33)12-14-32(15-13-28)27-18-29-25-9-4-5-10-26(25)31-27/h2-5,7-10,17-18H,6,11-16,19-20H2,1H3. The summed E-state index contributed by atoms with van der Waals surface area (Å²) in [5.41, 5.74) is 5.10. The van der Waals surface area contributed by atoms with Crippen molar-refractivity contribution in [1.29, 1.82) is 0 Å². The van der Waals surface area contributed by atoms with E-state index in [1.165, 1.54) is 0 Å². The van der Waals surface area contributed by atoms with E-state index >= 15 is 0 Å². The first-order valence-electron chi connectivity index (χ1n) is 12.4. The number of benzene rings is 2. The van der Waals surface area contributed by atoms with E-state index in [4.69, 9.17) is 4.98 Å². The van der Waals surface area contributed by atoms with Crippen LogP contribution in [-0.2, 0) is 6.54 Å². The third-order valence-corrected chi connectivity index (χ3v) is 7.87. The number of piperidine rings is 2. The lowest BCUT2D eigenvalue weighted by molar-refractivity contribution is -0.906. The summed E-state index contributed by atoms with van der Waals surface area (Å²) >= 11 is 0. The number of aromatic nitrogens is 3. The van der Waals surface area contributed by atoms with Crippen LogP contribution in [0.2, 0.25) is 0 Å². The van der Waals surface area contributed by atoms with Gasteiger partial charge in [-0.15, -0.1) is 0 Å². The van der Waals surface area contributed by atoms with Gasteiger partial charge >= 0.3 is 0 Å². The fourth-order valence-electron chi connectivity index (χ4n) is 6.20. The lowest BCUT2D eigenvalue weighted by atomic mass is 9.72. The van der Waals surface area contributed by atoms with E-state index in [0.29, 0.717) is 19.6 Å². The summed E-state index contributed by atoms with van der Waals surface area (Å²) in [5.74, 6) is 0.950. The smallest absolute Gasteiger partial charge is 0.147 e. The molecule has 6 rings (SSSR count). The maximum Gasteiger partial charge on any atom is 0.147 e. The molecule has 0 saturated carbocycles. The van der Waals surface area contributed by atoms with Crippen LogP contribution in [0.3, 0.4) is 0 Å². The zero-order chi connectivity index (χ0) is 23.2. The number of aryl methyl sites for hydroxylation is 1. The first-order valence-corrected chi connectivity index (χ1v) is 12.4. The molecule has 2 aromatic heterocycles. The molecule has 0 amide bonds. The van der Waals surface area contributed by atoms with Crippen LogP contribution >= 0.6 is 0 Å². The molecule has 6 heteroatoms. The average molecular weight is 454 g/mol. The van der Waals surface area contributed by atoms with E-state index < -0.39 is 0 Å². The normalized spacial score (nSPS) is 22.5. The molecule has 2 fully saturated rings. The SMILES string of the molecule is Cc1cc(C[N+]2([O-])CCCC3(CCN(c4cnc5ccccc5n4)CC3)C2)c2ccccc2n1. The number of para-hydroxylation sites is 3. The highest BCUT2D eigenvalue weighted by molar-refractivity contribution is 5.82. The Morgan fingerprint density at radius 2 is 1.68 bits per heavy atom. The van der Waals surface area contributed by atoms with Gasteiger partial charge in [0.25, 0.3) is 0 Å². The lowest BCUT2D eigenvalue weighted by Crippen LogP contribution is -2.56. The van der Waals surface area contributed by atoms with E-state index in [9.17, 15) is 5.21 Å². The van der Waals surface area contributed by atoms with Crippen molar-refractivity contribution in [3.63, 3.8) is 0 Å². The van der Waals surface area contributed by atoms with Crippen LogP contribution in [0, 0.1) is 17.5 Å². The summed E-state index contributed by atoms with van der Waals surface area (Å²) in [6.07, 6.45) is 6.13. The van der Waals surface area contributed by atoms with Crippen molar-refractivity contribution < 1.29 is 4.65 Å². The van der Waals surface area contributed by atoms with Crippen LogP contribution in [0.5, 0.6) is 0 Å². The number of pyridine rings is 1. The van der Waals surface area contributed by atoms with Crippen molar-refractivity contribution in [3.05, 3.63) is 77.3 Å². The largest absolute Gasteiger partial charge is 0.633 e. The molecule has 0 bridgehead atoms. The van der Waals surface area contributed by atoms with Crippen LogP contribution in [0.25, 0.3) is 21.9 Å². The van der Waals surface area contributed by atoms with Gasteiger partial charge in [-0.1, -0.05) is 30.3 Å². The first kappa shape index (κ1) is 21.4. The monoisotopic (exact) mass is 453 g/mol. The molecule has 34 heavy (non-hydrogen) atoms. The van der Waals surface area contributed by atoms with E-state index in [1.807, 2.05) is 55.6 Å². The maximum atomic E-state index is 14.1. The highest BCUT2D eigenvalue weighted by Gasteiger charge is 2.43. The third kappa shape index (κ3) is 4.01. The fourth-order valence-corrected chi connectivity index (χ4v) is 6.20. The zero-order valence-electron chi connectivity index (χ0n) is 19.8. The minimum absolute atomic E-state index is 0.122. The molecule has 2 aliphatic heterocycles. The van der Waals surface area contributed by atoms with Crippen molar-refractivity contribution in [3.8, 4) is 0 Å². The Morgan fingerprint density at radius 1 is 0.941 bits per heavy atom. The summed E-state index contributed by atoms with van der Waals surface area (Å²) in [5, 5.41) is 15.2. The minimum atomic E-state index is -0.122. The molecular formula is C28H31N5O. The highest BCUT2D eigenvalue weighted by atomic mass is 16.5. The molecule has 1 spiro atoms. The van der Waals surface area contributed by atoms with Crippen LogP contribution in [0.4, 0.5) is 5.82 Å². The summed E-state index contributed by atoms with van der Waals surface area (Å²) in [6.45, 7) is 5.84. The van der Waals surface area contributed by atoms with Gasteiger partial charge in [0.15, 0.2) is 0 Å². The van der Waals surface area contributed by atoms with E-state index in [2.05, 4.69) is 27.0 Å². The molecule has 2 aromatic carbocycles. The van der Waals surface area contributed by atoms with Crippen LogP contribution in [-0.4, -0.2) is 45.8 Å². The molecule has 1 unspecified atom stereocenters. The third-order valence-electron chi connectivity index (χ3n) is 7.87. The van der Waals surface area contributed by atoms with Gasteiger partial charge in [-0.3, -0.25) is 9.97 Å². The van der Waals surface area contributed by atoms with Crippen molar-refractivity contribution in [2.75, 3.05) is 31.1 Å². The number of quaternary nitrogens is 1. The Hall–Kier alpha value is -3.09. The molecule has 2 aliphatic rings. The topological polar surface area (TPSA) is 65.0 Å². The Labute approximate surface area is 200 Å². The second-order valence-electron chi connectivity index (χ2n) is 10.3. The predicted octanol–water partition coefficient (Wildman–Crippen LogP) is 5.38. The zero-order valence-corrected chi connectivity index (χ0v) is 19.8. The highest BCUT2D eigenvalue weighted by Crippen LogP contribution is 2.43. The average Bonchev–Trinajstić information content (AvgIpc) is 2.84. The van der Waals surface area contributed by atoms with E-state index in [1.54, 1.807) is 0 Å². The first-order chi connectivity index (χ1) is 16.5. The number of hydrogen-bond acceptors (Lipinski definition) is 5. The molecule has 4 heterocycles. The van der Waals surface area contributed by atoms with E-state index in [-0.39, 0.29) is 10.1 Å². The molecule has 0 N–H and O–H groups in total. The lowest BCUT2D eigenvalue weighted by Gasteiger charge is -2.55. The number of hydroxylamine groups is 3. The number of anilines is 1. The summed E-state index contributed by atoms with van der Waals surface area (Å²) in [4.78, 5) is 16.5. The van der Waals surface area contributed by atoms with Crippen LogP contribution in [0.1, 0.15) is 36.9 Å². The molecular weight excluding hydrogens is 422 g/mol. The Morgan fingerprint density at radius 3 is 2.50 bits per heavy atom. The summed E-state index contributed by atoms with van der Waals surface area (Å²) < 4.78 is -0.122. The Bertz CT molecular complexity index is 1350. The minimum Gasteiger partial charge on any atom is -0.633 e. The van der Waals surface area contributed by atoms with Crippen LogP contribution < -0.4 is 4.90 Å². The van der Waals surface area contributed by atoms with Crippen molar-refractivity contribution in [2.24, 2.45) is 5.41 Å². The Balaban J connectivity index is 1.19. The van der Waals surface area contributed by atoms with E-state index in [0.717, 1.165) is 77.8 Å². The van der Waals surface area contributed by atoms with Gasteiger partial charge in [0, 0.05) is 35.1 Å². The van der Waals surface area contributed by atoms with Gasteiger partial charge in [0.1, 0.15) is 12.4 Å². The van der Waals surface area contributed by atoms with Gasteiger partial charge in [-0.2, -0.15) is 0 Å². The van der Waals surface area contributed by atoms with Gasteiger partial charge in [0.2, 0.25) is 0 Å². The molecule has 4 aromatic rings. The summed E-state index contributed by atoms with van der Waals surface area (Å²) in [7, 11) is 0. The Kier molecular flexibility index (Phi) is 5.23. The molecule has 0 radical (unpaired) electrons. The number of likely N-dealkylation sites (tertiary alicyclic amines) is 1. The molecule has 0 aliphatic carbocycles. The number of rotatable bonds is 3. The maximum absolute atomic E-state index is 14.1. The number of fused-ring (bicyclic) bond motifs is 2. The molecule has 174 valence electrons. The van der Waals surface area contributed by atoms with Crippen molar-refractivity contribution in [2.45, 2.75) is 39.2 Å². The fraction of sp³-hybridized carbons (Fsp3) is 0.393. The van der Waals surface area contributed by atoms with Crippen molar-refractivity contribution >= 4 is 27.8 Å². The molecule has 2 saturated heterocycles. The quantitative estimate of drug-likeness (QED) is 0.308. The van der Waals surface area contributed by atoms with Gasteiger partial charge < -0.3 is 14.8 Å².